The minimum absolute atomic E-state index is 0.190. The van der Waals surface area contributed by atoms with E-state index in [1.165, 1.54) is 24.3 Å². The zero-order chi connectivity index (χ0) is 13.4. The predicted octanol–water partition coefficient (Wildman–Crippen LogP) is 1.68. The molecule has 1 spiro atoms. The van der Waals surface area contributed by atoms with Gasteiger partial charge >= 0.3 is 0 Å². The number of hydrogen-bond donors (Lipinski definition) is 1. The van der Waals surface area contributed by atoms with Crippen LogP contribution in [0.5, 0.6) is 0 Å². The summed E-state index contributed by atoms with van der Waals surface area (Å²) >= 11 is 2.04. The molecule has 0 saturated carbocycles. The van der Waals surface area contributed by atoms with Crippen LogP contribution in [0.15, 0.2) is 0 Å². The van der Waals surface area contributed by atoms with Crippen LogP contribution < -0.4 is 5.32 Å². The van der Waals surface area contributed by atoms with Crippen LogP contribution in [0.1, 0.15) is 25.7 Å². The van der Waals surface area contributed by atoms with Gasteiger partial charge in [0.2, 0.25) is 0 Å². The van der Waals surface area contributed by atoms with Gasteiger partial charge < -0.3 is 19.5 Å². The fourth-order valence-electron chi connectivity index (χ4n) is 2.79. The van der Waals surface area contributed by atoms with Gasteiger partial charge in [0, 0.05) is 32.1 Å². The van der Waals surface area contributed by atoms with Crippen molar-refractivity contribution in [3.05, 3.63) is 0 Å². The van der Waals surface area contributed by atoms with Gasteiger partial charge in [-0.1, -0.05) is 0 Å². The molecule has 0 amide bonds. The maximum Gasteiger partial charge on any atom is 0.0795 e. The van der Waals surface area contributed by atoms with Gasteiger partial charge in [-0.2, -0.15) is 11.8 Å². The van der Waals surface area contributed by atoms with Crippen LogP contribution in [-0.4, -0.2) is 63.2 Å². The Hall–Kier alpha value is 0.190. The molecule has 0 aromatic heterocycles. The highest BCUT2D eigenvalue weighted by molar-refractivity contribution is 7.99. The lowest BCUT2D eigenvalue weighted by Crippen LogP contribution is -2.47. The quantitative estimate of drug-likeness (QED) is 0.689. The third kappa shape index (κ3) is 5.23. The first-order chi connectivity index (χ1) is 9.35. The number of hydrogen-bond acceptors (Lipinski definition) is 5. The van der Waals surface area contributed by atoms with E-state index in [0.29, 0.717) is 19.3 Å². The molecular formula is C14H27NO3S. The highest BCUT2D eigenvalue weighted by Gasteiger charge is 2.40. The summed E-state index contributed by atoms with van der Waals surface area (Å²) in [6, 6.07) is 0.631. The summed E-state index contributed by atoms with van der Waals surface area (Å²) in [7, 11) is 1.70. The Morgan fingerprint density at radius 3 is 3.11 bits per heavy atom. The van der Waals surface area contributed by atoms with E-state index in [-0.39, 0.29) is 5.60 Å². The lowest BCUT2D eigenvalue weighted by Gasteiger charge is -2.38. The Morgan fingerprint density at radius 1 is 1.37 bits per heavy atom. The van der Waals surface area contributed by atoms with E-state index in [2.05, 4.69) is 5.32 Å². The Kier molecular flexibility index (Phi) is 6.94. The smallest absolute Gasteiger partial charge is 0.0795 e. The molecule has 0 radical (unpaired) electrons. The first-order valence-corrected chi connectivity index (χ1v) is 8.52. The summed E-state index contributed by atoms with van der Waals surface area (Å²) in [5.74, 6) is 2.45. The molecule has 2 aliphatic heterocycles. The molecule has 2 atom stereocenters. The standard InChI is InChI=1S/C14H27NO3S/c1-16-8-9-17-6-2-5-15-13-3-7-18-14(11-13)4-10-19-12-14/h13,15H,2-12H2,1H3. The third-order valence-electron chi connectivity index (χ3n) is 3.89. The number of nitrogens with one attached hydrogen (secondary N) is 1. The summed E-state index contributed by atoms with van der Waals surface area (Å²) in [5, 5.41) is 3.66. The van der Waals surface area contributed by atoms with E-state index in [0.717, 1.165) is 32.6 Å². The second-order valence-corrected chi connectivity index (χ2v) is 6.54. The van der Waals surface area contributed by atoms with Crippen LogP contribution >= 0.6 is 11.8 Å². The van der Waals surface area contributed by atoms with E-state index in [4.69, 9.17) is 14.2 Å². The second kappa shape index (κ2) is 8.47. The molecule has 0 aromatic rings. The molecule has 19 heavy (non-hydrogen) atoms. The monoisotopic (exact) mass is 289 g/mol. The van der Waals surface area contributed by atoms with Crippen LogP contribution in [0.4, 0.5) is 0 Å². The average molecular weight is 289 g/mol. The largest absolute Gasteiger partial charge is 0.382 e. The third-order valence-corrected chi connectivity index (χ3v) is 5.11. The molecule has 2 unspecified atom stereocenters. The van der Waals surface area contributed by atoms with Gasteiger partial charge in [0.25, 0.3) is 0 Å². The molecule has 0 bridgehead atoms. The number of thioether (sulfide) groups is 1. The van der Waals surface area contributed by atoms with E-state index >= 15 is 0 Å². The zero-order valence-electron chi connectivity index (χ0n) is 12.0. The summed E-state index contributed by atoms with van der Waals surface area (Å²) < 4.78 is 16.4. The summed E-state index contributed by atoms with van der Waals surface area (Å²) in [6.07, 6.45) is 4.64. The minimum atomic E-state index is 0.190. The molecule has 2 aliphatic rings. The molecule has 0 aliphatic carbocycles. The second-order valence-electron chi connectivity index (χ2n) is 5.44. The first-order valence-electron chi connectivity index (χ1n) is 7.36. The van der Waals surface area contributed by atoms with Crippen molar-refractivity contribution in [2.24, 2.45) is 0 Å². The Morgan fingerprint density at radius 2 is 2.32 bits per heavy atom. The van der Waals surface area contributed by atoms with Crippen molar-refractivity contribution in [3.8, 4) is 0 Å². The van der Waals surface area contributed by atoms with E-state index < -0.39 is 0 Å². The van der Waals surface area contributed by atoms with Gasteiger partial charge in [-0.3, -0.25) is 0 Å². The van der Waals surface area contributed by atoms with E-state index in [9.17, 15) is 0 Å². The van der Waals surface area contributed by atoms with Crippen molar-refractivity contribution in [1.82, 2.24) is 5.32 Å². The van der Waals surface area contributed by atoms with Crippen molar-refractivity contribution in [3.63, 3.8) is 0 Å². The van der Waals surface area contributed by atoms with Gasteiger partial charge in [0.15, 0.2) is 0 Å². The molecule has 2 fully saturated rings. The van der Waals surface area contributed by atoms with Crippen LogP contribution in [-0.2, 0) is 14.2 Å². The van der Waals surface area contributed by atoms with Crippen molar-refractivity contribution in [2.75, 3.05) is 51.6 Å². The topological polar surface area (TPSA) is 39.7 Å². The van der Waals surface area contributed by atoms with E-state index in [1.807, 2.05) is 11.8 Å². The zero-order valence-corrected chi connectivity index (χ0v) is 12.8. The van der Waals surface area contributed by atoms with Gasteiger partial charge in [-0.15, -0.1) is 0 Å². The highest BCUT2D eigenvalue weighted by atomic mass is 32.2. The summed E-state index contributed by atoms with van der Waals surface area (Å²) in [6.45, 7) is 4.17. The van der Waals surface area contributed by atoms with Gasteiger partial charge in [-0.25, -0.2) is 0 Å². The van der Waals surface area contributed by atoms with Gasteiger partial charge in [0.1, 0.15) is 0 Å². The lowest BCUT2D eigenvalue weighted by atomic mass is 9.90. The number of rotatable bonds is 8. The molecule has 2 saturated heterocycles. The van der Waals surface area contributed by atoms with E-state index in [1.54, 1.807) is 7.11 Å². The number of ether oxygens (including phenoxy) is 3. The maximum atomic E-state index is 6.03. The average Bonchev–Trinajstić information content (AvgIpc) is 2.86. The van der Waals surface area contributed by atoms with Crippen molar-refractivity contribution in [2.45, 2.75) is 37.3 Å². The van der Waals surface area contributed by atoms with Crippen molar-refractivity contribution >= 4 is 11.8 Å². The van der Waals surface area contributed by atoms with Gasteiger partial charge in [0.05, 0.1) is 18.8 Å². The van der Waals surface area contributed by atoms with Crippen LogP contribution in [0, 0.1) is 0 Å². The van der Waals surface area contributed by atoms with Gasteiger partial charge in [-0.05, 0) is 38.0 Å². The lowest BCUT2D eigenvalue weighted by molar-refractivity contribution is -0.0701. The predicted molar refractivity (Wildman–Crippen MR) is 79.0 cm³/mol. The van der Waals surface area contributed by atoms with Crippen LogP contribution in [0.3, 0.4) is 0 Å². The normalized spacial score (nSPS) is 31.1. The Labute approximate surface area is 120 Å². The Balaban J connectivity index is 1.53. The van der Waals surface area contributed by atoms with Crippen molar-refractivity contribution < 1.29 is 14.2 Å². The highest BCUT2D eigenvalue weighted by Crippen LogP contribution is 2.38. The number of methoxy groups -OCH3 is 1. The molecular weight excluding hydrogens is 262 g/mol. The van der Waals surface area contributed by atoms with Crippen LogP contribution in [0.2, 0.25) is 0 Å². The molecule has 2 rings (SSSR count). The molecule has 112 valence electrons. The SMILES string of the molecule is COCCOCCCNC1CCOC2(CCSC2)C1. The summed E-state index contributed by atoms with van der Waals surface area (Å²) in [5.41, 5.74) is 0.190. The molecule has 5 heteroatoms. The fourth-order valence-corrected chi connectivity index (χ4v) is 4.17. The maximum absolute atomic E-state index is 6.03. The molecule has 1 N–H and O–H groups in total. The molecule has 0 aromatic carbocycles. The minimum Gasteiger partial charge on any atom is -0.382 e. The van der Waals surface area contributed by atoms with Crippen LogP contribution in [0.25, 0.3) is 0 Å². The Bertz CT molecular complexity index is 247. The fraction of sp³-hybridized carbons (Fsp3) is 1.00. The summed E-state index contributed by atoms with van der Waals surface area (Å²) in [4.78, 5) is 0. The molecule has 2 heterocycles. The molecule has 4 nitrogen and oxygen atoms in total. The first kappa shape index (κ1) is 15.6. The van der Waals surface area contributed by atoms with Crippen molar-refractivity contribution in [1.29, 1.82) is 0 Å².